The van der Waals surface area contributed by atoms with Crippen LogP contribution in [0.3, 0.4) is 0 Å². The molecular formula is C11H14ClN3O2. The van der Waals surface area contributed by atoms with Crippen LogP contribution in [0.5, 0.6) is 0 Å². The maximum absolute atomic E-state index is 12.0. The van der Waals surface area contributed by atoms with E-state index in [0.717, 1.165) is 0 Å². The average Bonchev–Trinajstić information content (AvgIpc) is 2.28. The number of carbonyl (C=O) groups excluding carboxylic acids is 2. The van der Waals surface area contributed by atoms with Gasteiger partial charge in [-0.2, -0.15) is 0 Å². The van der Waals surface area contributed by atoms with Crippen molar-refractivity contribution < 1.29 is 9.59 Å². The third-order valence-corrected chi connectivity index (χ3v) is 2.49. The maximum Gasteiger partial charge on any atom is 0.256 e. The van der Waals surface area contributed by atoms with Gasteiger partial charge in [0.2, 0.25) is 5.91 Å². The molecule has 6 heteroatoms. The van der Waals surface area contributed by atoms with Gasteiger partial charge in [0.15, 0.2) is 0 Å². The summed E-state index contributed by atoms with van der Waals surface area (Å²) in [5, 5.41) is 2.91. The van der Waals surface area contributed by atoms with Crippen molar-refractivity contribution in [3.05, 3.63) is 28.8 Å². The summed E-state index contributed by atoms with van der Waals surface area (Å²) >= 11 is 5.74. The van der Waals surface area contributed by atoms with E-state index in [-0.39, 0.29) is 18.4 Å². The number of halogens is 1. The fourth-order valence-corrected chi connectivity index (χ4v) is 1.48. The van der Waals surface area contributed by atoms with Crippen molar-refractivity contribution in [1.82, 2.24) is 10.2 Å². The monoisotopic (exact) mass is 255 g/mol. The number of rotatable bonds is 3. The van der Waals surface area contributed by atoms with Gasteiger partial charge in [-0.1, -0.05) is 11.6 Å². The molecule has 0 atom stereocenters. The van der Waals surface area contributed by atoms with Gasteiger partial charge in [0.05, 0.1) is 12.1 Å². The summed E-state index contributed by atoms with van der Waals surface area (Å²) in [6, 6.07) is 4.63. The standard InChI is InChI=1S/C11H14ClN3O2/c1-14-10(16)6-15(2)11(17)8-4-3-7(12)5-9(8)13/h3-5H,6,13H2,1-2H3,(H,14,16). The molecule has 2 amide bonds. The normalized spacial score (nSPS) is 9.82. The molecule has 0 radical (unpaired) electrons. The van der Waals surface area contributed by atoms with Crippen LogP contribution in [0.2, 0.25) is 5.02 Å². The molecule has 0 aliphatic heterocycles. The quantitative estimate of drug-likeness (QED) is 0.783. The fraction of sp³-hybridized carbons (Fsp3) is 0.273. The lowest BCUT2D eigenvalue weighted by molar-refractivity contribution is -0.121. The van der Waals surface area contributed by atoms with E-state index >= 15 is 0 Å². The van der Waals surface area contributed by atoms with E-state index in [0.29, 0.717) is 16.3 Å². The highest BCUT2D eigenvalue weighted by molar-refractivity contribution is 6.31. The number of nitrogens with one attached hydrogen (secondary N) is 1. The Balaban J connectivity index is 2.85. The predicted molar refractivity (Wildman–Crippen MR) is 66.9 cm³/mol. The molecule has 0 saturated heterocycles. The number of amides is 2. The summed E-state index contributed by atoms with van der Waals surface area (Å²) < 4.78 is 0. The zero-order chi connectivity index (χ0) is 13.0. The van der Waals surface area contributed by atoms with Crippen molar-refractivity contribution in [2.24, 2.45) is 0 Å². The summed E-state index contributed by atoms with van der Waals surface area (Å²) in [5.41, 5.74) is 6.32. The number of hydrogen-bond acceptors (Lipinski definition) is 3. The van der Waals surface area contributed by atoms with Crippen molar-refractivity contribution >= 4 is 29.1 Å². The van der Waals surface area contributed by atoms with Crippen LogP contribution in [0.25, 0.3) is 0 Å². The van der Waals surface area contributed by atoms with E-state index in [1.807, 2.05) is 0 Å². The molecule has 0 aromatic heterocycles. The summed E-state index contributed by atoms with van der Waals surface area (Å²) in [6.07, 6.45) is 0. The molecule has 0 unspecified atom stereocenters. The van der Waals surface area contributed by atoms with Crippen molar-refractivity contribution in [3.8, 4) is 0 Å². The second-order valence-electron chi connectivity index (χ2n) is 3.57. The van der Waals surface area contributed by atoms with Crippen molar-refractivity contribution in [3.63, 3.8) is 0 Å². The summed E-state index contributed by atoms with van der Waals surface area (Å²) in [6.45, 7) is -0.0165. The first-order valence-corrected chi connectivity index (χ1v) is 5.34. The van der Waals surface area contributed by atoms with Crippen LogP contribution in [0.15, 0.2) is 18.2 Å². The number of carbonyl (C=O) groups is 2. The number of nitrogen functional groups attached to an aromatic ring is 1. The van der Waals surface area contributed by atoms with Gasteiger partial charge in [-0.05, 0) is 18.2 Å². The average molecular weight is 256 g/mol. The van der Waals surface area contributed by atoms with Gasteiger partial charge in [0.25, 0.3) is 5.91 Å². The molecule has 0 saturated carbocycles. The Hall–Kier alpha value is -1.75. The van der Waals surface area contributed by atoms with Crippen LogP contribution >= 0.6 is 11.6 Å². The molecule has 0 bridgehead atoms. The molecule has 1 rings (SSSR count). The second-order valence-corrected chi connectivity index (χ2v) is 4.00. The van der Waals surface area contributed by atoms with E-state index < -0.39 is 0 Å². The van der Waals surface area contributed by atoms with Crippen molar-refractivity contribution in [2.45, 2.75) is 0 Å². The number of nitrogens with zero attached hydrogens (tertiary/aromatic N) is 1. The van der Waals surface area contributed by atoms with E-state index in [9.17, 15) is 9.59 Å². The highest BCUT2D eigenvalue weighted by Gasteiger charge is 2.16. The smallest absolute Gasteiger partial charge is 0.256 e. The zero-order valence-electron chi connectivity index (χ0n) is 9.66. The SMILES string of the molecule is CNC(=O)CN(C)C(=O)c1ccc(Cl)cc1N. The second kappa shape index (κ2) is 5.54. The van der Waals surface area contributed by atoms with E-state index in [4.69, 9.17) is 17.3 Å². The van der Waals surface area contributed by atoms with E-state index in [1.165, 1.54) is 25.1 Å². The Kier molecular flexibility index (Phi) is 4.34. The van der Waals surface area contributed by atoms with Crippen LogP contribution in [0, 0.1) is 0 Å². The minimum absolute atomic E-state index is 0.0165. The van der Waals surface area contributed by atoms with Crippen LogP contribution < -0.4 is 11.1 Å². The maximum atomic E-state index is 12.0. The number of benzene rings is 1. The molecule has 0 heterocycles. The number of likely N-dealkylation sites (N-methyl/N-ethyl adjacent to an activating group) is 2. The van der Waals surface area contributed by atoms with Gasteiger partial charge in [0, 0.05) is 24.8 Å². The minimum Gasteiger partial charge on any atom is -0.398 e. The minimum atomic E-state index is -0.317. The lowest BCUT2D eigenvalue weighted by Crippen LogP contribution is -2.37. The van der Waals surface area contributed by atoms with Gasteiger partial charge in [-0.15, -0.1) is 0 Å². The van der Waals surface area contributed by atoms with Crippen LogP contribution in [-0.2, 0) is 4.79 Å². The van der Waals surface area contributed by atoms with Crippen LogP contribution in [-0.4, -0.2) is 37.4 Å². The summed E-state index contributed by atoms with van der Waals surface area (Å²) in [7, 11) is 3.04. The molecular weight excluding hydrogens is 242 g/mol. The molecule has 0 aliphatic rings. The van der Waals surface area contributed by atoms with Gasteiger partial charge in [-0.25, -0.2) is 0 Å². The first kappa shape index (κ1) is 13.3. The Labute approximate surface area is 105 Å². The molecule has 0 fully saturated rings. The Morgan fingerprint density at radius 2 is 2.12 bits per heavy atom. The van der Waals surface area contributed by atoms with Gasteiger partial charge in [-0.3, -0.25) is 9.59 Å². The highest BCUT2D eigenvalue weighted by Crippen LogP contribution is 2.19. The van der Waals surface area contributed by atoms with Crippen molar-refractivity contribution in [1.29, 1.82) is 0 Å². The molecule has 17 heavy (non-hydrogen) atoms. The molecule has 92 valence electrons. The third-order valence-electron chi connectivity index (χ3n) is 2.25. The van der Waals surface area contributed by atoms with Gasteiger partial charge in [0.1, 0.15) is 0 Å². The van der Waals surface area contributed by atoms with Crippen molar-refractivity contribution in [2.75, 3.05) is 26.4 Å². The lowest BCUT2D eigenvalue weighted by Gasteiger charge is -2.17. The summed E-state index contributed by atoms with van der Waals surface area (Å²) in [4.78, 5) is 24.4. The third kappa shape index (κ3) is 3.35. The highest BCUT2D eigenvalue weighted by atomic mass is 35.5. The van der Waals surface area contributed by atoms with E-state index in [1.54, 1.807) is 12.1 Å². The molecule has 0 aliphatic carbocycles. The van der Waals surface area contributed by atoms with Gasteiger partial charge < -0.3 is 16.0 Å². The molecule has 0 spiro atoms. The lowest BCUT2D eigenvalue weighted by atomic mass is 10.1. The Morgan fingerprint density at radius 3 is 2.65 bits per heavy atom. The number of nitrogens with two attached hydrogens (primary N) is 1. The van der Waals surface area contributed by atoms with Crippen LogP contribution in [0.4, 0.5) is 5.69 Å². The molecule has 5 nitrogen and oxygen atoms in total. The van der Waals surface area contributed by atoms with E-state index in [2.05, 4.69) is 5.32 Å². The first-order chi connectivity index (χ1) is 7.95. The van der Waals surface area contributed by atoms with Gasteiger partial charge >= 0.3 is 0 Å². The molecule has 1 aromatic carbocycles. The van der Waals surface area contributed by atoms with Crippen LogP contribution in [0.1, 0.15) is 10.4 Å². The molecule has 3 N–H and O–H groups in total. The fourth-order valence-electron chi connectivity index (χ4n) is 1.30. The zero-order valence-corrected chi connectivity index (χ0v) is 10.4. The first-order valence-electron chi connectivity index (χ1n) is 4.96. The summed E-state index contributed by atoms with van der Waals surface area (Å²) in [5.74, 6) is -0.559. The predicted octanol–water partition coefficient (Wildman–Crippen LogP) is 0.740. The topological polar surface area (TPSA) is 75.4 Å². The Morgan fingerprint density at radius 1 is 1.47 bits per heavy atom. The number of anilines is 1. The Bertz CT molecular complexity index is 448. The largest absolute Gasteiger partial charge is 0.398 e. The number of hydrogen-bond donors (Lipinski definition) is 2. The molecule has 1 aromatic rings.